The van der Waals surface area contributed by atoms with E-state index in [0.717, 1.165) is 48.6 Å². The third kappa shape index (κ3) is 3.94. The molecule has 1 aliphatic heterocycles. The molecule has 27 heavy (non-hydrogen) atoms. The number of halogens is 2. The largest absolute Gasteiger partial charge is 0.435 e. The highest BCUT2D eigenvalue weighted by Crippen LogP contribution is 2.25. The van der Waals surface area contributed by atoms with E-state index in [-0.39, 0.29) is 11.8 Å². The zero-order chi connectivity index (χ0) is 18.8. The van der Waals surface area contributed by atoms with Crippen molar-refractivity contribution in [1.82, 2.24) is 14.6 Å². The molecule has 8 heteroatoms. The molecule has 2 aromatic heterocycles. The van der Waals surface area contributed by atoms with Crippen LogP contribution in [0.25, 0.3) is 5.52 Å². The number of ether oxygens (including phenoxy) is 1. The van der Waals surface area contributed by atoms with Gasteiger partial charge in [0.15, 0.2) is 5.82 Å². The molecule has 4 rings (SSSR count). The summed E-state index contributed by atoms with van der Waals surface area (Å²) in [5.41, 5.74) is 2.90. The van der Waals surface area contributed by atoms with Gasteiger partial charge >= 0.3 is 6.61 Å². The monoisotopic (exact) mass is 373 g/mol. The normalized spacial score (nSPS) is 17.5. The second-order valence-electron chi connectivity index (χ2n) is 6.69. The van der Waals surface area contributed by atoms with Crippen LogP contribution in [0, 0.1) is 6.92 Å². The van der Waals surface area contributed by atoms with E-state index in [9.17, 15) is 8.78 Å². The smallest absolute Gasteiger partial charge is 0.387 e. The second-order valence-corrected chi connectivity index (χ2v) is 6.69. The van der Waals surface area contributed by atoms with Crippen molar-refractivity contribution in [2.24, 2.45) is 0 Å². The zero-order valence-corrected chi connectivity index (χ0v) is 15.0. The number of piperidine rings is 1. The number of nitrogens with one attached hydrogen (secondary N) is 1. The maximum Gasteiger partial charge on any atom is 0.387 e. The van der Waals surface area contributed by atoms with Crippen LogP contribution in [-0.2, 0) is 0 Å². The van der Waals surface area contributed by atoms with Gasteiger partial charge in [-0.05, 0) is 50.1 Å². The van der Waals surface area contributed by atoms with Gasteiger partial charge in [-0.3, -0.25) is 0 Å². The van der Waals surface area contributed by atoms with Crippen molar-refractivity contribution in [1.29, 1.82) is 0 Å². The van der Waals surface area contributed by atoms with Crippen molar-refractivity contribution >= 4 is 17.0 Å². The van der Waals surface area contributed by atoms with Gasteiger partial charge in [-0.1, -0.05) is 0 Å². The number of anilines is 2. The number of rotatable bonds is 5. The minimum absolute atomic E-state index is 0.174. The Balaban J connectivity index is 1.46. The molecule has 142 valence electrons. The van der Waals surface area contributed by atoms with Gasteiger partial charge in [0, 0.05) is 37.2 Å². The number of nitrogens with zero attached hydrogens (tertiary/aromatic N) is 4. The number of alkyl halides is 2. The lowest BCUT2D eigenvalue weighted by Gasteiger charge is -2.35. The quantitative estimate of drug-likeness (QED) is 0.739. The maximum atomic E-state index is 12.3. The van der Waals surface area contributed by atoms with Gasteiger partial charge in [0.25, 0.3) is 0 Å². The van der Waals surface area contributed by atoms with Crippen molar-refractivity contribution in [2.45, 2.75) is 32.4 Å². The molecule has 0 saturated carbocycles. The molecular weight excluding hydrogens is 352 g/mol. The van der Waals surface area contributed by atoms with Crippen molar-refractivity contribution in [3.8, 4) is 5.75 Å². The molecule has 1 aromatic carbocycles. The average molecular weight is 373 g/mol. The van der Waals surface area contributed by atoms with E-state index in [4.69, 9.17) is 0 Å². The predicted octanol–water partition coefficient (Wildman–Crippen LogP) is 3.72. The van der Waals surface area contributed by atoms with E-state index in [1.54, 1.807) is 18.3 Å². The van der Waals surface area contributed by atoms with Crippen LogP contribution < -0.4 is 15.0 Å². The highest BCUT2D eigenvalue weighted by molar-refractivity contribution is 5.68. The Bertz CT molecular complexity index is 912. The van der Waals surface area contributed by atoms with E-state index in [0.29, 0.717) is 0 Å². The van der Waals surface area contributed by atoms with Crippen molar-refractivity contribution < 1.29 is 13.5 Å². The average Bonchev–Trinajstić information content (AvgIpc) is 3.03. The van der Waals surface area contributed by atoms with Crippen LogP contribution in [0.1, 0.15) is 18.5 Å². The van der Waals surface area contributed by atoms with Crippen molar-refractivity contribution in [3.05, 3.63) is 48.4 Å². The standard InChI is InChI=1S/C19H21F2N5O/c1-13-11-17-18(22-8-10-26(17)24-13)23-14-3-2-9-25(12-14)15-4-6-16(7-5-15)27-19(20)21/h4-8,10-11,14,19H,2-3,9,12H2,1H3,(H,22,23). The third-order valence-electron chi connectivity index (χ3n) is 4.70. The zero-order valence-electron chi connectivity index (χ0n) is 15.0. The molecule has 1 unspecified atom stereocenters. The first-order valence-electron chi connectivity index (χ1n) is 8.96. The lowest BCUT2D eigenvalue weighted by atomic mass is 10.0. The van der Waals surface area contributed by atoms with Gasteiger partial charge in [0.05, 0.1) is 5.69 Å². The molecular formula is C19H21F2N5O. The summed E-state index contributed by atoms with van der Waals surface area (Å²) in [4.78, 5) is 6.72. The lowest BCUT2D eigenvalue weighted by molar-refractivity contribution is -0.0498. The van der Waals surface area contributed by atoms with E-state index < -0.39 is 6.61 Å². The third-order valence-corrected chi connectivity index (χ3v) is 4.70. The fraction of sp³-hybridized carbons (Fsp3) is 0.368. The Morgan fingerprint density at radius 2 is 2.07 bits per heavy atom. The number of aromatic nitrogens is 3. The summed E-state index contributed by atoms with van der Waals surface area (Å²) < 4.78 is 30.8. The van der Waals surface area contributed by atoms with Crippen LogP contribution in [0.5, 0.6) is 5.75 Å². The molecule has 1 N–H and O–H groups in total. The molecule has 3 aromatic rings. The minimum atomic E-state index is -2.80. The van der Waals surface area contributed by atoms with Gasteiger partial charge in [-0.2, -0.15) is 13.9 Å². The van der Waals surface area contributed by atoms with Crippen LogP contribution in [0.2, 0.25) is 0 Å². The Morgan fingerprint density at radius 1 is 1.26 bits per heavy atom. The first-order valence-corrected chi connectivity index (χ1v) is 8.96. The Hall–Kier alpha value is -2.90. The van der Waals surface area contributed by atoms with Crippen molar-refractivity contribution in [3.63, 3.8) is 0 Å². The number of benzene rings is 1. The first kappa shape index (κ1) is 17.5. The molecule has 6 nitrogen and oxygen atoms in total. The van der Waals surface area contributed by atoms with Gasteiger partial charge in [0.1, 0.15) is 11.3 Å². The fourth-order valence-corrected chi connectivity index (χ4v) is 3.52. The fourth-order valence-electron chi connectivity index (χ4n) is 3.52. The highest BCUT2D eigenvalue weighted by atomic mass is 19.3. The van der Waals surface area contributed by atoms with Crippen LogP contribution in [0.3, 0.4) is 0 Å². The molecule has 3 heterocycles. The summed E-state index contributed by atoms with van der Waals surface area (Å²) in [7, 11) is 0. The summed E-state index contributed by atoms with van der Waals surface area (Å²) >= 11 is 0. The molecule has 0 amide bonds. The van der Waals surface area contributed by atoms with Crippen LogP contribution in [-0.4, -0.2) is 40.3 Å². The van der Waals surface area contributed by atoms with Crippen LogP contribution >= 0.6 is 0 Å². The first-order chi connectivity index (χ1) is 13.1. The molecule has 0 radical (unpaired) electrons. The second kappa shape index (κ2) is 7.38. The lowest BCUT2D eigenvalue weighted by Crippen LogP contribution is -2.42. The summed E-state index contributed by atoms with van der Waals surface area (Å²) in [5, 5.41) is 7.96. The molecule has 1 saturated heterocycles. The van der Waals surface area contributed by atoms with Gasteiger partial charge < -0.3 is 15.0 Å². The molecule has 0 spiro atoms. The SMILES string of the molecule is Cc1cc2c(NC3CCCN(c4ccc(OC(F)F)cc4)C3)nccn2n1. The number of fused-ring (bicyclic) bond motifs is 1. The Labute approximate surface area is 155 Å². The Kier molecular flexibility index (Phi) is 4.79. The number of hydrogen-bond acceptors (Lipinski definition) is 5. The summed E-state index contributed by atoms with van der Waals surface area (Å²) in [6.07, 6.45) is 5.65. The van der Waals surface area contributed by atoms with Crippen LogP contribution in [0.4, 0.5) is 20.3 Å². The summed E-state index contributed by atoms with van der Waals surface area (Å²) in [5.74, 6) is 0.998. The van der Waals surface area contributed by atoms with E-state index in [1.165, 1.54) is 0 Å². The molecule has 1 fully saturated rings. The van der Waals surface area contributed by atoms with E-state index >= 15 is 0 Å². The number of aryl methyl sites for hydroxylation is 1. The van der Waals surface area contributed by atoms with Gasteiger partial charge in [0.2, 0.25) is 0 Å². The molecule has 1 aliphatic rings. The minimum Gasteiger partial charge on any atom is -0.435 e. The topological polar surface area (TPSA) is 54.7 Å². The molecule has 0 aliphatic carbocycles. The number of hydrogen-bond donors (Lipinski definition) is 1. The summed E-state index contributed by atoms with van der Waals surface area (Å²) in [6.45, 7) is 0.893. The van der Waals surface area contributed by atoms with E-state index in [2.05, 4.69) is 25.0 Å². The molecule has 1 atom stereocenters. The van der Waals surface area contributed by atoms with Crippen molar-refractivity contribution in [2.75, 3.05) is 23.3 Å². The predicted molar refractivity (Wildman–Crippen MR) is 99.7 cm³/mol. The van der Waals surface area contributed by atoms with Crippen LogP contribution in [0.15, 0.2) is 42.7 Å². The maximum absolute atomic E-state index is 12.3. The van der Waals surface area contributed by atoms with Gasteiger partial charge in [-0.25, -0.2) is 9.50 Å². The van der Waals surface area contributed by atoms with Gasteiger partial charge in [-0.15, -0.1) is 0 Å². The van der Waals surface area contributed by atoms with E-state index in [1.807, 2.05) is 35.8 Å². The Morgan fingerprint density at radius 3 is 2.85 bits per heavy atom. The highest BCUT2D eigenvalue weighted by Gasteiger charge is 2.21. The summed E-state index contributed by atoms with van der Waals surface area (Å²) in [6, 6.07) is 9.05. The molecule has 0 bridgehead atoms.